The number of hydrogen-bond donors (Lipinski definition) is 2. The van der Waals surface area contributed by atoms with Crippen LogP contribution in [0.2, 0.25) is 0 Å². The number of alkyl halides is 6. The number of hydrogen-bond acceptors (Lipinski definition) is 2. The Labute approximate surface area is 343 Å². The molecule has 2 amide bonds. The summed E-state index contributed by atoms with van der Waals surface area (Å²) in [5, 5.41) is 6.02. The van der Waals surface area contributed by atoms with Crippen LogP contribution in [0.15, 0.2) is 96.1 Å². The first-order valence-electron chi connectivity index (χ1n) is 19.3. The Balaban J connectivity index is 1.74. The van der Waals surface area contributed by atoms with Crippen LogP contribution in [0, 0.1) is 11.8 Å². The molecule has 4 nitrogen and oxygen atoms in total. The van der Waals surface area contributed by atoms with Gasteiger partial charge in [-0.2, -0.15) is 0 Å². The van der Waals surface area contributed by atoms with Crippen molar-refractivity contribution in [3.8, 4) is 22.3 Å². The van der Waals surface area contributed by atoms with Crippen molar-refractivity contribution in [2.45, 2.75) is 74.1 Å². The molecule has 4 aromatic rings. The molecule has 2 N–H and O–H groups in total. The molecule has 58 heavy (non-hydrogen) atoms. The van der Waals surface area contributed by atoms with Gasteiger partial charge in [0.2, 0.25) is 0 Å². The second-order valence-electron chi connectivity index (χ2n) is 15.7. The van der Waals surface area contributed by atoms with Gasteiger partial charge in [0.05, 0.1) is 0 Å². The van der Waals surface area contributed by atoms with Crippen molar-refractivity contribution in [1.82, 2.24) is 10.5 Å². The molecule has 305 valence electrons. The molecule has 0 aromatic heterocycles. The summed E-state index contributed by atoms with van der Waals surface area (Å²) >= 11 is -6.71. The second-order valence-corrected chi connectivity index (χ2v) is 46.1. The van der Waals surface area contributed by atoms with Crippen molar-refractivity contribution < 1.29 is 51.8 Å². The molecule has 0 spiro atoms. The average Bonchev–Trinajstić information content (AvgIpc) is 3.79. The Morgan fingerprint density at radius 1 is 0.603 bits per heavy atom. The quantitative estimate of drug-likeness (QED) is 0.116. The van der Waals surface area contributed by atoms with Crippen LogP contribution in [0.5, 0.6) is 0 Å². The van der Waals surface area contributed by atoms with E-state index in [0.717, 1.165) is 12.1 Å². The second kappa shape index (κ2) is 16.1. The van der Waals surface area contributed by atoms with Gasteiger partial charge in [0.25, 0.3) is 0 Å². The number of carbonyl (C=O) groups is 2. The summed E-state index contributed by atoms with van der Waals surface area (Å²) in [5.41, 5.74) is 2.40. The van der Waals surface area contributed by atoms with Gasteiger partial charge in [0.1, 0.15) is 0 Å². The van der Waals surface area contributed by atoms with E-state index in [9.17, 15) is 35.9 Å². The predicted molar refractivity (Wildman–Crippen MR) is 219 cm³/mol. The van der Waals surface area contributed by atoms with Gasteiger partial charge in [0.15, 0.2) is 0 Å². The monoisotopic (exact) mass is 1010 g/mol. The molecule has 2 aliphatic carbocycles. The van der Waals surface area contributed by atoms with Crippen LogP contribution in [0.4, 0.5) is 26.3 Å². The van der Waals surface area contributed by atoms with Crippen LogP contribution in [-0.2, 0) is 37.8 Å². The average molecular weight is 1010 g/mol. The number of halogens is 8. The number of benzene rings is 4. The molecule has 0 fully saturated rings. The summed E-state index contributed by atoms with van der Waals surface area (Å²) in [5.74, 6) is -1.46. The molecular formula is C44H44BCl2F6HfN2O2. The van der Waals surface area contributed by atoms with Crippen molar-refractivity contribution in [2.24, 2.45) is 11.8 Å². The van der Waals surface area contributed by atoms with Gasteiger partial charge >= 0.3 is 346 Å². The summed E-state index contributed by atoms with van der Waals surface area (Å²) in [4.78, 5) is 27.2. The van der Waals surface area contributed by atoms with Crippen molar-refractivity contribution in [3.63, 3.8) is 0 Å². The SMILES string of the molecule is CCC(=O)N[B](NC(=O)CC)[Hf]([Cl])([Cl])([CH]1C(C(C)C)=Cc2c(-c3ccccc3C(F)(F)F)cccc21)[CH]1C(C(C)C)=Cc2c(-c3ccccc3C(F)(F)F)cccc21. The van der Waals surface area contributed by atoms with Crippen LogP contribution < -0.4 is 10.5 Å². The Bertz CT molecular complexity index is 2180. The fourth-order valence-electron chi connectivity index (χ4n) is 8.82. The molecular weight excluding hydrogens is 963 g/mol. The summed E-state index contributed by atoms with van der Waals surface area (Å²) in [6, 6.07) is 20.8. The number of fused-ring (bicyclic) bond motifs is 2. The van der Waals surface area contributed by atoms with Gasteiger partial charge in [-0.25, -0.2) is 0 Å². The Hall–Kier alpha value is -3.60. The van der Waals surface area contributed by atoms with Crippen LogP contribution in [0.25, 0.3) is 34.4 Å². The van der Waals surface area contributed by atoms with Gasteiger partial charge in [-0.05, 0) is 0 Å². The number of allylic oxidation sites excluding steroid dienone is 2. The standard InChI is InChI=1S/2C19H16F3.C6H11BN2O2.2ClH.Hf/c2*1-12(2)14-10-13-6-5-8-15(17(13)11-14)16-7-3-4-9-18(16)19(20,21)22;1-3-5(10)8-7-9-6(11)4-2;;;/h2*3-12H,1-2H3;3-4H2,1-2H3,(H-,8,9,10,11);2*1H;/q;;;;;+1/p-1. The first kappa shape index (κ1) is 44.0. The predicted octanol–water partition coefficient (Wildman–Crippen LogP) is 13.0. The van der Waals surface area contributed by atoms with E-state index >= 15 is 0 Å². The van der Waals surface area contributed by atoms with E-state index in [-0.39, 0.29) is 35.8 Å². The molecule has 0 heterocycles. The van der Waals surface area contributed by atoms with Gasteiger partial charge in [0, 0.05) is 0 Å². The van der Waals surface area contributed by atoms with Crippen molar-refractivity contribution in [2.75, 3.05) is 0 Å². The Kier molecular flexibility index (Phi) is 12.2. The molecule has 2 unspecified atom stereocenters. The minimum atomic E-state index is -6.71. The van der Waals surface area contributed by atoms with Gasteiger partial charge in [-0.15, -0.1) is 0 Å². The normalized spacial score (nSPS) is 17.3. The first-order valence-corrected chi connectivity index (χ1v) is 34.4. The molecule has 0 saturated heterocycles. The van der Waals surface area contributed by atoms with Crippen LogP contribution in [0.3, 0.4) is 0 Å². The van der Waals surface area contributed by atoms with Gasteiger partial charge < -0.3 is 0 Å². The third-order valence-corrected chi connectivity index (χ3v) is 39.7. The van der Waals surface area contributed by atoms with E-state index in [1.54, 1.807) is 62.4 Å². The topological polar surface area (TPSA) is 58.2 Å². The third kappa shape index (κ3) is 7.66. The number of amides is 2. The van der Waals surface area contributed by atoms with E-state index < -0.39 is 63.1 Å². The van der Waals surface area contributed by atoms with Crippen LogP contribution >= 0.6 is 17.2 Å². The van der Waals surface area contributed by atoms with Crippen LogP contribution in [-0.4, -0.2) is 16.4 Å². The number of rotatable bonds is 11. The van der Waals surface area contributed by atoms with E-state index in [1.807, 2.05) is 39.8 Å². The molecule has 2 aliphatic rings. The minimum absolute atomic E-state index is 0.0120. The van der Waals surface area contributed by atoms with Crippen molar-refractivity contribution in [1.29, 1.82) is 0 Å². The van der Waals surface area contributed by atoms with Crippen molar-refractivity contribution >= 4 is 45.7 Å². The zero-order valence-electron chi connectivity index (χ0n) is 32.9. The molecule has 6 rings (SSSR count). The summed E-state index contributed by atoms with van der Waals surface area (Å²) in [6.45, 7) is 11.0. The fourth-order valence-corrected chi connectivity index (χ4v) is 39.0. The maximum absolute atomic E-state index is 14.5. The molecule has 0 saturated carbocycles. The van der Waals surface area contributed by atoms with E-state index in [4.69, 9.17) is 17.2 Å². The zero-order valence-corrected chi connectivity index (χ0v) is 38.0. The molecule has 2 atom stereocenters. The Morgan fingerprint density at radius 3 is 1.28 bits per heavy atom. The number of carbonyl (C=O) groups excluding carboxylic acids is 2. The summed E-state index contributed by atoms with van der Waals surface area (Å²) < 4.78 is 84.2. The van der Waals surface area contributed by atoms with Crippen molar-refractivity contribution in [3.05, 3.63) is 129 Å². The Morgan fingerprint density at radius 2 is 0.948 bits per heavy atom. The summed E-state index contributed by atoms with van der Waals surface area (Å²) in [6.07, 6.45) is -5.62. The number of nitrogens with one attached hydrogen (secondary N) is 2. The summed E-state index contributed by atoms with van der Waals surface area (Å²) in [7, 11) is 17.3. The first-order chi connectivity index (χ1) is 27.1. The third-order valence-electron chi connectivity index (χ3n) is 11.5. The molecule has 4 aromatic carbocycles. The molecule has 0 aliphatic heterocycles. The zero-order chi connectivity index (χ0) is 42.6. The van der Waals surface area contributed by atoms with E-state index in [0.29, 0.717) is 44.5 Å². The fraction of sp³-hybridized carbons (Fsp3) is 0.318. The molecule has 0 radical (unpaired) electrons. The van der Waals surface area contributed by atoms with E-state index in [1.165, 1.54) is 24.3 Å². The molecule has 14 heteroatoms. The van der Waals surface area contributed by atoms with Crippen LogP contribution in [0.1, 0.15) is 95.1 Å². The van der Waals surface area contributed by atoms with Gasteiger partial charge in [-0.3, -0.25) is 0 Å². The maximum atomic E-state index is 14.5. The van der Waals surface area contributed by atoms with Gasteiger partial charge in [-0.1, -0.05) is 0 Å². The molecule has 0 bridgehead atoms. The van der Waals surface area contributed by atoms with E-state index in [2.05, 4.69) is 10.5 Å².